The Bertz CT molecular complexity index is 581. The summed E-state index contributed by atoms with van der Waals surface area (Å²) in [5.74, 6) is -0.699. The fourth-order valence-electron chi connectivity index (χ4n) is 2.09. The molecule has 0 radical (unpaired) electrons. The van der Waals surface area contributed by atoms with E-state index in [4.69, 9.17) is 5.73 Å². The molecule has 0 bridgehead atoms. The second-order valence-corrected chi connectivity index (χ2v) is 4.53. The first-order chi connectivity index (χ1) is 9.08. The molecular weight excluding hydrogens is 243 g/mol. The third-order valence-corrected chi connectivity index (χ3v) is 3.03. The summed E-state index contributed by atoms with van der Waals surface area (Å²) in [7, 11) is 0. The molecule has 0 spiro atoms. The van der Waals surface area contributed by atoms with Crippen molar-refractivity contribution in [1.29, 1.82) is 0 Å². The first-order valence-electron chi connectivity index (χ1n) is 6.07. The standard InChI is InChI=1S/C15H15FN2O/c1-10(9-11-4-6-12(16)7-5-11)14-13(15(17)19)3-2-8-18-14/h2-8,10H,9H2,1H3,(H2,17,19). The van der Waals surface area contributed by atoms with E-state index >= 15 is 0 Å². The number of nitrogens with two attached hydrogens (primary N) is 1. The average Bonchev–Trinajstić information content (AvgIpc) is 2.41. The zero-order valence-electron chi connectivity index (χ0n) is 10.6. The minimum Gasteiger partial charge on any atom is -0.366 e. The third kappa shape index (κ3) is 3.16. The Labute approximate surface area is 111 Å². The van der Waals surface area contributed by atoms with Gasteiger partial charge < -0.3 is 5.73 Å². The lowest BCUT2D eigenvalue weighted by Crippen LogP contribution is -2.16. The molecule has 1 aromatic heterocycles. The molecule has 1 heterocycles. The fourth-order valence-corrected chi connectivity index (χ4v) is 2.09. The molecule has 1 aromatic carbocycles. The predicted octanol–water partition coefficient (Wildman–Crippen LogP) is 2.67. The third-order valence-electron chi connectivity index (χ3n) is 3.03. The lowest BCUT2D eigenvalue weighted by Gasteiger charge is -2.13. The van der Waals surface area contributed by atoms with Crippen molar-refractivity contribution in [2.75, 3.05) is 0 Å². The van der Waals surface area contributed by atoms with E-state index in [2.05, 4.69) is 4.98 Å². The molecule has 19 heavy (non-hydrogen) atoms. The van der Waals surface area contributed by atoms with Gasteiger partial charge in [-0.2, -0.15) is 0 Å². The van der Waals surface area contributed by atoms with E-state index < -0.39 is 5.91 Å². The zero-order chi connectivity index (χ0) is 13.8. The van der Waals surface area contributed by atoms with Crippen LogP contribution in [0.3, 0.4) is 0 Å². The highest BCUT2D eigenvalue weighted by molar-refractivity contribution is 5.94. The quantitative estimate of drug-likeness (QED) is 0.916. The van der Waals surface area contributed by atoms with Crippen LogP contribution >= 0.6 is 0 Å². The summed E-state index contributed by atoms with van der Waals surface area (Å²) in [6.07, 6.45) is 2.32. The number of primary amides is 1. The van der Waals surface area contributed by atoms with Crippen LogP contribution in [0.5, 0.6) is 0 Å². The molecule has 0 aliphatic rings. The smallest absolute Gasteiger partial charge is 0.250 e. The van der Waals surface area contributed by atoms with Crippen LogP contribution in [-0.2, 0) is 6.42 Å². The molecule has 0 saturated heterocycles. The van der Waals surface area contributed by atoms with Crippen LogP contribution in [0.2, 0.25) is 0 Å². The molecule has 2 rings (SSSR count). The number of nitrogens with zero attached hydrogens (tertiary/aromatic N) is 1. The lowest BCUT2D eigenvalue weighted by molar-refractivity contribution is 0.0998. The number of hydrogen-bond acceptors (Lipinski definition) is 2. The zero-order valence-corrected chi connectivity index (χ0v) is 10.6. The summed E-state index contributed by atoms with van der Waals surface area (Å²) in [5.41, 5.74) is 7.45. The number of rotatable bonds is 4. The number of hydrogen-bond donors (Lipinski definition) is 1. The Balaban J connectivity index is 2.22. The van der Waals surface area contributed by atoms with Crippen molar-refractivity contribution in [2.24, 2.45) is 5.73 Å². The predicted molar refractivity (Wildman–Crippen MR) is 71.3 cm³/mol. The van der Waals surface area contributed by atoms with Crippen molar-refractivity contribution < 1.29 is 9.18 Å². The Morgan fingerprint density at radius 2 is 2.00 bits per heavy atom. The molecule has 1 amide bonds. The Morgan fingerprint density at radius 3 is 2.63 bits per heavy atom. The second kappa shape index (κ2) is 5.61. The van der Waals surface area contributed by atoms with Gasteiger partial charge in [0.05, 0.1) is 11.3 Å². The van der Waals surface area contributed by atoms with E-state index in [0.717, 1.165) is 5.56 Å². The molecular formula is C15H15FN2O. The van der Waals surface area contributed by atoms with Gasteiger partial charge in [-0.05, 0) is 36.2 Å². The normalized spacial score (nSPS) is 12.1. The summed E-state index contributed by atoms with van der Waals surface area (Å²) in [5, 5.41) is 0. The summed E-state index contributed by atoms with van der Waals surface area (Å²) in [4.78, 5) is 15.6. The molecule has 1 unspecified atom stereocenters. The van der Waals surface area contributed by atoms with Gasteiger partial charge in [-0.25, -0.2) is 4.39 Å². The molecule has 4 heteroatoms. The molecule has 0 fully saturated rings. The van der Waals surface area contributed by atoms with Crippen molar-refractivity contribution >= 4 is 5.91 Å². The van der Waals surface area contributed by atoms with Crippen LogP contribution < -0.4 is 5.73 Å². The van der Waals surface area contributed by atoms with Crippen molar-refractivity contribution in [3.8, 4) is 0 Å². The van der Waals surface area contributed by atoms with Gasteiger partial charge in [0.1, 0.15) is 5.82 Å². The number of carbonyl (C=O) groups is 1. The van der Waals surface area contributed by atoms with Crippen LogP contribution in [0.15, 0.2) is 42.6 Å². The van der Waals surface area contributed by atoms with Gasteiger partial charge >= 0.3 is 0 Å². The van der Waals surface area contributed by atoms with Crippen LogP contribution in [0.4, 0.5) is 4.39 Å². The minimum absolute atomic E-state index is 0.0363. The summed E-state index contributed by atoms with van der Waals surface area (Å²) < 4.78 is 12.8. The van der Waals surface area contributed by atoms with Gasteiger partial charge in [-0.15, -0.1) is 0 Å². The van der Waals surface area contributed by atoms with E-state index in [1.807, 2.05) is 6.92 Å². The lowest BCUT2D eigenvalue weighted by atomic mass is 9.94. The largest absolute Gasteiger partial charge is 0.366 e. The number of carbonyl (C=O) groups excluding carboxylic acids is 1. The van der Waals surface area contributed by atoms with E-state index in [0.29, 0.717) is 17.7 Å². The number of amides is 1. The maximum absolute atomic E-state index is 12.8. The van der Waals surface area contributed by atoms with Gasteiger partial charge in [0, 0.05) is 12.1 Å². The van der Waals surface area contributed by atoms with Crippen molar-refractivity contribution in [1.82, 2.24) is 4.98 Å². The van der Waals surface area contributed by atoms with Crippen LogP contribution in [0, 0.1) is 5.82 Å². The molecule has 2 aromatic rings. The molecule has 0 saturated carbocycles. The van der Waals surface area contributed by atoms with Crippen molar-refractivity contribution in [3.63, 3.8) is 0 Å². The van der Waals surface area contributed by atoms with E-state index in [9.17, 15) is 9.18 Å². The molecule has 0 aliphatic heterocycles. The maximum Gasteiger partial charge on any atom is 0.250 e. The van der Waals surface area contributed by atoms with Gasteiger partial charge in [0.25, 0.3) is 5.91 Å². The number of halogens is 1. The fraction of sp³-hybridized carbons (Fsp3) is 0.200. The Kier molecular flexibility index (Phi) is 3.90. The Hall–Kier alpha value is -2.23. The molecule has 0 aliphatic carbocycles. The topological polar surface area (TPSA) is 56.0 Å². The SMILES string of the molecule is CC(Cc1ccc(F)cc1)c1ncccc1C(N)=O. The van der Waals surface area contributed by atoms with Gasteiger partial charge in [-0.1, -0.05) is 19.1 Å². The summed E-state index contributed by atoms with van der Waals surface area (Å²) >= 11 is 0. The number of benzene rings is 1. The molecule has 98 valence electrons. The highest BCUT2D eigenvalue weighted by atomic mass is 19.1. The van der Waals surface area contributed by atoms with Crippen LogP contribution in [0.25, 0.3) is 0 Å². The van der Waals surface area contributed by atoms with Crippen LogP contribution in [0.1, 0.15) is 34.5 Å². The maximum atomic E-state index is 12.8. The monoisotopic (exact) mass is 258 g/mol. The van der Waals surface area contributed by atoms with Gasteiger partial charge in [-0.3, -0.25) is 9.78 Å². The van der Waals surface area contributed by atoms with Crippen molar-refractivity contribution in [3.05, 3.63) is 65.2 Å². The Morgan fingerprint density at radius 1 is 1.32 bits per heavy atom. The number of aromatic nitrogens is 1. The van der Waals surface area contributed by atoms with Gasteiger partial charge in [0.15, 0.2) is 0 Å². The van der Waals surface area contributed by atoms with E-state index in [1.165, 1.54) is 12.1 Å². The summed E-state index contributed by atoms with van der Waals surface area (Å²) in [6.45, 7) is 1.97. The molecule has 3 nitrogen and oxygen atoms in total. The van der Waals surface area contributed by atoms with E-state index in [-0.39, 0.29) is 11.7 Å². The van der Waals surface area contributed by atoms with E-state index in [1.54, 1.807) is 30.5 Å². The van der Waals surface area contributed by atoms with Crippen LogP contribution in [-0.4, -0.2) is 10.9 Å². The van der Waals surface area contributed by atoms with Crippen molar-refractivity contribution in [2.45, 2.75) is 19.3 Å². The second-order valence-electron chi connectivity index (χ2n) is 4.53. The molecule has 1 atom stereocenters. The first kappa shape index (κ1) is 13.2. The summed E-state index contributed by atoms with van der Waals surface area (Å²) in [6, 6.07) is 9.68. The highest BCUT2D eigenvalue weighted by Gasteiger charge is 2.15. The molecule has 2 N–H and O–H groups in total. The minimum atomic E-state index is -0.478. The average molecular weight is 258 g/mol. The number of pyridine rings is 1. The first-order valence-corrected chi connectivity index (χ1v) is 6.07. The highest BCUT2D eigenvalue weighted by Crippen LogP contribution is 2.21. The van der Waals surface area contributed by atoms with Gasteiger partial charge in [0.2, 0.25) is 0 Å².